The van der Waals surface area contributed by atoms with E-state index in [-0.39, 0.29) is 11.7 Å². The van der Waals surface area contributed by atoms with E-state index in [2.05, 4.69) is 66.2 Å². The first-order chi connectivity index (χ1) is 19.9. The number of carbonyl (C=O) groups excluding carboxylic acids is 1. The Bertz CT molecular complexity index is 1640. The Kier molecular flexibility index (Phi) is 7.45. The summed E-state index contributed by atoms with van der Waals surface area (Å²) in [5.74, 6) is -0.0254. The van der Waals surface area contributed by atoms with E-state index in [0.29, 0.717) is 5.92 Å². The maximum Gasteiger partial charge on any atom is 0.365 e. The summed E-state index contributed by atoms with van der Waals surface area (Å²) < 4.78 is 6.38. The molecule has 2 aliphatic rings. The number of thioether (sulfide) groups is 1. The van der Waals surface area contributed by atoms with Crippen LogP contribution in [0.1, 0.15) is 48.9 Å². The van der Waals surface area contributed by atoms with Gasteiger partial charge in [0.25, 0.3) is 0 Å². The number of hydrogen-bond donors (Lipinski definition) is 0. The summed E-state index contributed by atoms with van der Waals surface area (Å²) in [5.41, 5.74) is 6.78. The average molecular weight is 626 g/mol. The average Bonchev–Trinajstić information content (AvgIpc) is 3.39. The molecule has 0 aliphatic carbocycles. The highest BCUT2D eigenvalue weighted by atomic mass is 79.9. The molecule has 0 unspecified atom stereocenters. The van der Waals surface area contributed by atoms with E-state index in [4.69, 9.17) is 14.9 Å². The standard InChI is InChI=1S/C33H29BrN4O2S/c1-4-40-32(39)31-36-38(27-20-18-25(34)19-21-27)33(41-31)29-13-9-8-12-28(29)30(24-16-14-23(15-17-24)22(2)3)35-37(33)26-10-6-5-7-11-26/h5-22H,4H2,1-3H3/t33-/m1/s1. The van der Waals surface area contributed by atoms with Crippen molar-refractivity contribution in [2.75, 3.05) is 16.6 Å². The highest BCUT2D eigenvalue weighted by Gasteiger charge is 2.56. The number of nitrogens with zero attached hydrogens (tertiary/aromatic N) is 4. The van der Waals surface area contributed by atoms with Gasteiger partial charge in [-0.05, 0) is 66.6 Å². The van der Waals surface area contributed by atoms with Crippen molar-refractivity contribution in [3.8, 4) is 0 Å². The Hall–Kier alpha value is -3.88. The van der Waals surface area contributed by atoms with Crippen LogP contribution < -0.4 is 10.0 Å². The van der Waals surface area contributed by atoms with Crippen LogP contribution in [0.25, 0.3) is 0 Å². The smallest absolute Gasteiger partial charge is 0.365 e. The van der Waals surface area contributed by atoms with Gasteiger partial charge in [0.15, 0.2) is 0 Å². The lowest BCUT2D eigenvalue weighted by Crippen LogP contribution is -2.54. The lowest BCUT2D eigenvalue weighted by atomic mass is 9.92. The zero-order valence-electron chi connectivity index (χ0n) is 23.0. The van der Waals surface area contributed by atoms with Crippen LogP contribution in [0.4, 0.5) is 11.4 Å². The number of halogens is 1. The van der Waals surface area contributed by atoms with Gasteiger partial charge in [0.1, 0.15) is 0 Å². The summed E-state index contributed by atoms with van der Waals surface area (Å²) in [4.78, 5) is 12.1. The fourth-order valence-electron chi connectivity index (χ4n) is 5.10. The number of ether oxygens (including phenoxy) is 1. The van der Waals surface area contributed by atoms with E-state index in [9.17, 15) is 4.79 Å². The molecule has 1 atom stereocenters. The normalized spacial score (nSPS) is 17.9. The number of rotatable bonds is 6. The molecule has 0 saturated heterocycles. The Morgan fingerprint density at radius 2 is 1.49 bits per heavy atom. The van der Waals surface area contributed by atoms with E-state index in [1.807, 2.05) is 76.7 Å². The Balaban J connectivity index is 1.61. The van der Waals surface area contributed by atoms with Crippen LogP contribution in [0.3, 0.4) is 0 Å². The summed E-state index contributed by atoms with van der Waals surface area (Å²) in [6.45, 7) is 6.45. The number of carbonyl (C=O) groups is 1. The number of fused-ring (bicyclic) bond motifs is 2. The first kappa shape index (κ1) is 27.3. The number of hydrogen-bond acceptors (Lipinski definition) is 7. The van der Waals surface area contributed by atoms with Gasteiger partial charge in [0, 0.05) is 21.2 Å². The van der Waals surface area contributed by atoms with Crippen molar-refractivity contribution in [2.45, 2.75) is 31.7 Å². The van der Waals surface area contributed by atoms with Gasteiger partial charge >= 0.3 is 5.97 Å². The minimum Gasteiger partial charge on any atom is -0.461 e. The fourth-order valence-corrected chi connectivity index (χ4v) is 6.65. The van der Waals surface area contributed by atoms with Gasteiger partial charge in [0.2, 0.25) is 10.0 Å². The van der Waals surface area contributed by atoms with Crippen molar-refractivity contribution < 1.29 is 9.53 Å². The largest absolute Gasteiger partial charge is 0.461 e. The van der Waals surface area contributed by atoms with Crippen molar-refractivity contribution in [1.82, 2.24) is 0 Å². The summed E-state index contributed by atoms with van der Waals surface area (Å²) in [6.07, 6.45) is 0. The molecular weight excluding hydrogens is 596 g/mol. The molecule has 2 heterocycles. The van der Waals surface area contributed by atoms with Crippen molar-refractivity contribution in [1.29, 1.82) is 0 Å². The van der Waals surface area contributed by atoms with E-state index >= 15 is 0 Å². The SMILES string of the molecule is CCOC(=O)C1=NN(c2ccc(Br)cc2)[C@@]2(S1)c1ccccc1C(c1ccc(C(C)C)cc1)=NN2c1ccccc1. The first-order valence-electron chi connectivity index (χ1n) is 13.6. The van der Waals surface area contributed by atoms with Crippen LogP contribution in [0.2, 0.25) is 0 Å². The lowest BCUT2D eigenvalue weighted by molar-refractivity contribution is -0.134. The molecule has 4 aromatic rings. The van der Waals surface area contributed by atoms with Gasteiger partial charge in [-0.3, -0.25) is 0 Å². The zero-order chi connectivity index (χ0) is 28.6. The minimum absolute atomic E-state index is 0.261. The second-order valence-electron chi connectivity index (χ2n) is 10.0. The molecule has 206 valence electrons. The van der Waals surface area contributed by atoms with Crippen molar-refractivity contribution in [2.24, 2.45) is 10.2 Å². The molecule has 1 spiro atoms. The molecule has 0 saturated carbocycles. The van der Waals surface area contributed by atoms with E-state index in [1.54, 1.807) is 6.92 Å². The number of hydrazone groups is 2. The van der Waals surface area contributed by atoms with Crippen molar-refractivity contribution in [3.63, 3.8) is 0 Å². The molecule has 2 aliphatic heterocycles. The molecule has 6 rings (SSSR count). The Labute approximate surface area is 252 Å². The van der Waals surface area contributed by atoms with Gasteiger partial charge in [-0.2, -0.15) is 10.2 Å². The van der Waals surface area contributed by atoms with Crippen molar-refractivity contribution in [3.05, 3.63) is 130 Å². The van der Waals surface area contributed by atoms with E-state index < -0.39 is 11.0 Å². The van der Waals surface area contributed by atoms with Crippen molar-refractivity contribution >= 4 is 55.8 Å². The lowest BCUT2D eigenvalue weighted by Gasteiger charge is -2.47. The third-order valence-corrected chi connectivity index (χ3v) is 8.93. The summed E-state index contributed by atoms with van der Waals surface area (Å²) >= 11 is 4.90. The predicted molar refractivity (Wildman–Crippen MR) is 171 cm³/mol. The second kappa shape index (κ2) is 11.2. The predicted octanol–water partition coefficient (Wildman–Crippen LogP) is 8.09. The molecule has 0 radical (unpaired) electrons. The summed E-state index contributed by atoms with van der Waals surface area (Å²) in [6, 6.07) is 34.8. The second-order valence-corrected chi connectivity index (χ2v) is 12.1. The number of anilines is 2. The van der Waals surface area contributed by atoms with Gasteiger partial charge in [-0.25, -0.2) is 14.8 Å². The maximum absolute atomic E-state index is 13.2. The maximum atomic E-state index is 13.2. The molecule has 41 heavy (non-hydrogen) atoms. The van der Waals surface area contributed by atoms with Crippen LogP contribution in [0, 0.1) is 0 Å². The molecule has 4 aromatic carbocycles. The Morgan fingerprint density at radius 3 is 2.17 bits per heavy atom. The van der Waals surface area contributed by atoms with Gasteiger partial charge < -0.3 is 4.74 Å². The topological polar surface area (TPSA) is 57.5 Å². The van der Waals surface area contributed by atoms with Gasteiger partial charge in [-0.15, -0.1) is 0 Å². The summed E-state index contributed by atoms with van der Waals surface area (Å²) in [5, 5.41) is 14.4. The molecular formula is C33H29BrN4O2S. The van der Waals surface area contributed by atoms with Crippen LogP contribution in [0.15, 0.2) is 118 Å². The molecule has 0 amide bonds. The summed E-state index contributed by atoms with van der Waals surface area (Å²) in [7, 11) is 0. The Morgan fingerprint density at radius 1 is 0.854 bits per heavy atom. The third-order valence-electron chi connectivity index (χ3n) is 7.11. The molecule has 0 N–H and O–H groups in total. The molecule has 6 nitrogen and oxygen atoms in total. The van der Waals surface area contributed by atoms with E-state index in [1.165, 1.54) is 17.3 Å². The fraction of sp³-hybridized carbons (Fsp3) is 0.182. The number of benzene rings is 4. The molecule has 0 fully saturated rings. The molecule has 0 aromatic heterocycles. The zero-order valence-corrected chi connectivity index (χ0v) is 25.4. The molecule has 8 heteroatoms. The quantitative estimate of drug-likeness (QED) is 0.203. The highest BCUT2D eigenvalue weighted by molar-refractivity contribution is 9.10. The van der Waals surface area contributed by atoms with E-state index in [0.717, 1.165) is 38.2 Å². The van der Waals surface area contributed by atoms with Crippen LogP contribution in [-0.2, 0) is 14.5 Å². The molecule has 0 bridgehead atoms. The first-order valence-corrected chi connectivity index (χ1v) is 15.2. The minimum atomic E-state index is -1.03. The van der Waals surface area contributed by atoms with Crippen LogP contribution in [-0.4, -0.2) is 23.3 Å². The van der Waals surface area contributed by atoms with Gasteiger partial charge in [0.05, 0.1) is 23.7 Å². The number of para-hydroxylation sites is 1. The van der Waals surface area contributed by atoms with Gasteiger partial charge in [-0.1, -0.05) is 96.5 Å². The van der Waals surface area contributed by atoms with Crippen LogP contribution >= 0.6 is 27.7 Å². The third kappa shape index (κ3) is 4.85. The monoisotopic (exact) mass is 624 g/mol. The number of esters is 1. The van der Waals surface area contributed by atoms with Crippen LogP contribution in [0.5, 0.6) is 0 Å². The highest BCUT2D eigenvalue weighted by Crippen LogP contribution is 2.55.